The summed E-state index contributed by atoms with van der Waals surface area (Å²) in [6, 6.07) is 6.28. The highest BCUT2D eigenvalue weighted by Gasteiger charge is 2.21. The lowest BCUT2D eigenvalue weighted by atomic mass is 10.1. The molecule has 0 fully saturated rings. The molecule has 4 rings (SSSR count). The smallest absolute Gasteiger partial charge is 0.335 e. The highest BCUT2D eigenvalue weighted by atomic mass is 19.3. The average Bonchev–Trinajstić information content (AvgIpc) is 3.43. The number of H-pyrrole nitrogens is 1. The number of aromatic amines is 1. The van der Waals surface area contributed by atoms with Gasteiger partial charge >= 0.3 is 5.97 Å². The molecule has 3 heterocycles. The predicted molar refractivity (Wildman–Crippen MR) is 115 cm³/mol. The lowest BCUT2D eigenvalue weighted by Gasteiger charge is -2.09. The quantitative estimate of drug-likeness (QED) is 0.434. The molecule has 0 aliphatic rings. The van der Waals surface area contributed by atoms with Crippen LogP contribution in [0.3, 0.4) is 0 Å². The maximum Gasteiger partial charge on any atom is 0.335 e. The first kappa shape index (κ1) is 21.9. The Morgan fingerprint density at radius 2 is 2.12 bits per heavy atom. The number of aromatic nitrogens is 6. The molecule has 1 aromatic carbocycles. The second-order valence-electron chi connectivity index (χ2n) is 7.13. The lowest BCUT2D eigenvalue weighted by molar-refractivity contribution is 0.0696. The molecule has 0 spiro atoms. The van der Waals surface area contributed by atoms with Crippen LogP contribution in [0.4, 0.5) is 8.78 Å². The van der Waals surface area contributed by atoms with Crippen LogP contribution < -0.4 is 5.56 Å². The molecule has 0 saturated carbocycles. The predicted octanol–water partition coefficient (Wildman–Crippen LogP) is 3.08. The summed E-state index contributed by atoms with van der Waals surface area (Å²) in [6.07, 6.45) is 0.746. The van der Waals surface area contributed by atoms with Crippen molar-refractivity contribution in [2.45, 2.75) is 32.9 Å². The van der Waals surface area contributed by atoms with Crippen molar-refractivity contribution in [2.75, 3.05) is 0 Å². The Hall–Kier alpha value is -4.33. The molecule has 3 aromatic heterocycles. The number of fused-ring (bicyclic) bond motifs is 1. The third-order valence-corrected chi connectivity index (χ3v) is 4.77. The van der Waals surface area contributed by atoms with Gasteiger partial charge in [0.2, 0.25) is 0 Å². The number of rotatable bonds is 6. The van der Waals surface area contributed by atoms with Gasteiger partial charge in [-0.2, -0.15) is 5.10 Å². The highest BCUT2D eigenvalue weighted by molar-refractivity contribution is 5.88. The third-order valence-electron chi connectivity index (χ3n) is 4.77. The largest absolute Gasteiger partial charge is 0.478 e. The van der Waals surface area contributed by atoms with E-state index in [0.717, 1.165) is 4.57 Å². The zero-order valence-electron chi connectivity index (χ0n) is 17.4. The van der Waals surface area contributed by atoms with E-state index in [-0.39, 0.29) is 35.6 Å². The first-order valence-electron chi connectivity index (χ1n) is 10.0. The van der Waals surface area contributed by atoms with Crippen LogP contribution in [-0.4, -0.2) is 40.4 Å². The second kappa shape index (κ2) is 9.04. The van der Waals surface area contributed by atoms with E-state index >= 15 is 0 Å². The first-order chi connectivity index (χ1) is 15.9. The molecule has 4 aromatic rings. The Kier molecular flexibility index (Phi) is 5.99. The molecule has 0 unspecified atom stereocenters. The number of nitrogens with zero attached hydrogens (tertiary/aromatic N) is 5. The molecule has 0 amide bonds. The molecule has 2 N–H and O–H groups in total. The maximum atomic E-state index is 13.4. The summed E-state index contributed by atoms with van der Waals surface area (Å²) in [5, 5.41) is 13.2. The molecule has 0 aliphatic carbocycles. The molecular formula is C22H18F2N6O3. The van der Waals surface area contributed by atoms with Gasteiger partial charge in [-0.3, -0.25) is 14.0 Å². The van der Waals surface area contributed by atoms with E-state index in [1.54, 1.807) is 25.3 Å². The number of hydrogen-bond donors (Lipinski definition) is 2. The van der Waals surface area contributed by atoms with Gasteiger partial charge in [0.1, 0.15) is 12.4 Å². The van der Waals surface area contributed by atoms with Crippen molar-refractivity contribution >= 4 is 17.1 Å². The number of halogens is 2. The van der Waals surface area contributed by atoms with Crippen LogP contribution in [0, 0.1) is 11.8 Å². The standard InChI is InChI=1S/C22H18F2N6O3/c1-2-8-30-20(17(23)24)28-19-16(21(30)31)26-18(27-19)15-11-25-29(12-15)9-4-6-13-5-3-7-14(10-13)22(32)33/h3,5,7,10-12,17H,2,8-9H2,1H3,(H,26,27)(H,32,33). The first-order valence-corrected chi connectivity index (χ1v) is 10.0. The van der Waals surface area contributed by atoms with E-state index in [2.05, 4.69) is 31.9 Å². The number of carbonyl (C=O) groups is 1. The van der Waals surface area contributed by atoms with Crippen LogP contribution in [0.1, 0.15) is 41.5 Å². The number of benzene rings is 1. The average molecular weight is 452 g/mol. The Labute approximate surface area is 185 Å². The van der Waals surface area contributed by atoms with Crippen molar-refractivity contribution in [1.29, 1.82) is 0 Å². The summed E-state index contributed by atoms with van der Waals surface area (Å²) in [6.45, 7) is 2.13. The Morgan fingerprint density at radius 3 is 2.85 bits per heavy atom. The van der Waals surface area contributed by atoms with E-state index in [1.165, 1.54) is 23.0 Å². The van der Waals surface area contributed by atoms with Crippen LogP contribution in [0.25, 0.3) is 22.6 Å². The van der Waals surface area contributed by atoms with Gasteiger partial charge in [0.25, 0.3) is 12.0 Å². The van der Waals surface area contributed by atoms with Gasteiger partial charge in [0, 0.05) is 18.3 Å². The van der Waals surface area contributed by atoms with Gasteiger partial charge in [-0.1, -0.05) is 24.8 Å². The molecule has 0 radical (unpaired) electrons. The van der Waals surface area contributed by atoms with E-state index < -0.39 is 23.8 Å². The maximum absolute atomic E-state index is 13.4. The number of imidazole rings is 1. The topological polar surface area (TPSA) is 119 Å². The summed E-state index contributed by atoms with van der Waals surface area (Å²) >= 11 is 0. The van der Waals surface area contributed by atoms with Crippen molar-refractivity contribution < 1.29 is 18.7 Å². The number of alkyl halides is 2. The normalized spacial score (nSPS) is 11.0. The number of carboxylic acids is 1. The zero-order valence-corrected chi connectivity index (χ0v) is 17.4. The molecule has 168 valence electrons. The molecule has 11 heteroatoms. The van der Waals surface area contributed by atoms with Gasteiger partial charge < -0.3 is 10.1 Å². The molecule has 0 saturated heterocycles. The van der Waals surface area contributed by atoms with Crippen LogP contribution in [0.2, 0.25) is 0 Å². The summed E-state index contributed by atoms with van der Waals surface area (Å²) < 4.78 is 29.3. The van der Waals surface area contributed by atoms with Crippen molar-refractivity contribution in [2.24, 2.45) is 0 Å². The number of nitrogens with one attached hydrogen (secondary N) is 1. The minimum absolute atomic E-state index is 0.0497. The summed E-state index contributed by atoms with van der Waals surface area (Å²) in [7, 11) is 0. The van der Waals surface area contributed by atoms with Crippen LogP contribution in [0.5, 0.6) is 0 Å². The molecule has 9 nitrogen and oxygen atoms in total. The molecule has 0 atom stereocenters. The second-order valence-corrected chi connectivity index (χ2v) is 7.13. The Balaban J connectivity index is 1.59. The van der Waals surface area contributed by atoms with Gasteiger partial charge in [0.15, 0.2) is 17.0 Å². The van der Waals surface area contributed by atoms with Gasteiger partial charge in [-0.15, -0.1) is 0 Å². The SMILES string of the molecule is CCCn1c(C(F)F)nc2nc(-c3cnn(CC#Cc4cccc(C(=O)O)c4)c3)[nH]c2c1=O. The fourth-order valence-electron chi connectivity index (χ4n) is 3.27. The fourth-order valence-corrected chi connectivity index (χ4v) is 3.27. The van der Waals surface area contributed by atoms with Crippen molar-refractivity contribution in [3.05, 3.63) is 64.0 Å². The number of hydrogen-bond acceptors (Lipinski definition) is 5. The Morgan fingerprint density at radius 1 is 1.30 bits per heavy atom. The fraction of sp³-hybridized carbons (Fsp3) is 0.227. The van der Waals surface area contributed by atoms with E-state index in [4.69, 9.17) is 5.11 Å². The zero-order chi connectivity index (χ0) is 23.5. The summed E-state index contributed by atoms with van der Waals surface area (Å²) in [5.41, 5.74) is 0.608. The molecular weight excluding hydrogens is 434 g/mol. The van der Waals surface area contributed by atoms with Gasteiger partial charge in [-0.25, -0.2) is 23.5 Å². The van der Waals surface area contributed by atoms with Crippen molar-refractivity contribution in [3.63, 3.8) is 0 Å². The third kappa shape index (κ3) is 4.50. The van der Waals surface area contributed by atoms with Gasteiger partial charge in [-0.05, 0) is 24.6 Å². The number of aromatic carboxylic acids is 1. The van der Waals surface area contributed by atoms with E-state index in [0.29, 0.717) is 17.5 Å². The Bertz CT molecular complexity index is 1460. The minimum Gasteiger partial charge on any atom is -0.478 e. The molecule has 33 heavy (non-hydrogen) atoms. The molecule has 0 bridgehead atoms. The van der Waals surface area contributed by atoms with E-state index in [9.17, 15) is 18.4 Å². The van der Waals surface area contributed by atoms with Gasteiger partial charge in [0.05, 0.1) is 17.3 Å². The highest BCUT2D eigenvalue weighted by Crippen LogP contribution is 2.21. The summed E-state index contributed by atoms with van der Waals surface area (Å²) in [5.74, 6) is 4.42. The molecule has 0 aliphatic heterocycles. The van der Waals surface area contributed by atoms with Crippen LogP contribution >= 0.6 is 0 Å². The van der Waals surface area contributed by atoms with Crippen molar-refractivity contribution in [1.82, 2.24) is 29.3 Å². The van der Waals surface area contributed by atoms with E-state index in [1.807, 2.05) is 0 Å². The minimum atomic E-state index is -2.90. The lowest BCUT2D eigenvalue weighted by Crippen LogP contribution is -2.25. The van der Waals surface area contributed by atoms with Crippen LogP contribution in [0.15, 0.2) is 41.5 Å². The monoisotopic (exact) mass is 452 g/mol. The van der Waals surface area contributed by atoms with Crippen LogP contribution in [-0.2, 0) is 13.1 Å². The van der Waals surface area contributed by atoms with Crippen molar-refractivity contribution in [3.8, 4) is 23.2 Å². The summed E-state index contributed by atoms with van der Waals surface area (Å²) in [4.78, 5) is 34.7. The number of carboxylic acid groups (broad SMARTS) is 1.